The topological polar surface area (TPSA) is 83.9 Å². The Morgan fingerprint density at radius 1 is 1.07 bits per heavy atom. The van der Waals surface area contributed by atoms with Crippen molar-refractivity contribution in [2.75, 3.05) is 11.9 Å². The van der Waals surface area contributed by atoms with Gasteiger partial charge in [0.1, 0.15) is 11.5 Å². The van der Waals surface area contributed by atoms with Gasteiger partial charge in [-0.05, 0) is 56.4 Å². The molecule has 30 heavy (non-hydrogen) atoms. The zero-order valence-corrected chi connectivity index (χ0v) is 17.1. The highest BCUT2D eigenvalue weighted by molar-refractivity contribution is 5.99. The molecule has 3 aromatic rings. The molecule has 3 unspecified atom stereocenters. The lowest BCUT2D eigenvalue weighted by Crippen LogP contribution is -2.48. The molecule has 1 saturated heterocycles. The van der Waals surface area contributed by atoms with Crippen molar-refractivity contribution >= 4 is 11.7 Å². The Hall–Kier alpha value is -3.35. The Bertz CT molecular complexity index is 1070. The number of aryl methyl sites for hydroxylation is 2. The number of anilines is 1. The molecule has 1 amide bonds. The second-order valence-electron chi connectivity index (χ2n) is 8.28. The number of carbonyl (C=O) groups excluding carboxylic acids is 1. The molecule has 0 spiro atoms. The molecule has 0 aromatic carbocycles. The van der Waals surface area contributed by atoms with E-state index in [4.69, 9.17) is 0 Å². The Morgan fingerprint density at radius 3 is 2.70 bits per heavy atom. The number of aromatic nitrogens is 4. The van der Waals surface area contributed by atoms with E-state index in [1.807, 2.05) is 43.0 Å². The van der Waals surface area contributed by atoms with Gasteiger partial charge in [0.05, 0.1) is 29.8 Å². The van der Waals surface area contributed by atoms with Crippen molar-refractivity contribution in [2.24, 2.45) is 5.92 Å². The SMILES string of the molecule is Cc1cnc(C(=O)N2CC3CC(Nc4cnc(C)cn4)C2C3)c(-c2ccccn2)c1. The number of amides is 1. The van der Waals surface area contributed by atoms with Crippen LogP contribution in [0.5, 0.6) is 0 Å². The number of rotatable bonds is 4. The van der Waals surface area contributed by atoms with Crippen LogP contribution in [-0.4, -0.2) is 49.4 Å². The smallest absolute Gasteiger partial charge is 0.273 e. The van der Waals surface area contributed by atoms with Gasteiger partial charge in [0.15, 0.2) is 0 Å². The van der Waals surface area contributed by atoms with E-state index in [0.29, 0.717) is 11.6 Å². The highest BCUT2D eigenvalue weighted by atomic mass is 16.2. The van der Waals surface area contributed by atoms with Crippen LogP contribution in [0.1, 0.15) is 34.6 Å². The fourth-order valence-electron chi connectivity index (χ4n) is 4.66. The predicted octanol–water partition coefficient (Wildman–Crippen LogP) is 3.27. The van der Waals surface area contributed by atoms with E-state index in [1.54, 1.807) is 24.8 Å². The van der Waals surface area contributed by atoms with Crippen LogP contribution in [-0.2, 0) is 0 Å². The van der Waals surface area contributed by atoms with Gasteiger partial charge in [-0.15, -0.1) is 0 Å². The van der Waals surface area contributed by atoms with Gasteiger partial charge in [0.25, 0.3) is 5.91 Å². The van der Waals surface area contributed by atoms with Crippen molar-refractivity contribution < 1.29 is 4.79 Å². The number of fused-ring (bicyclic) bond motifs is 2. The van der Waals surface area contributed by atoms with E-state index in [1.165, 1.54) is 0 Å². The number of likely N-dealkylation sites (tertiary alicyclic amines) is 1. The van der Waals surface area contributed by atoms with Crippen LogP contribution in [0.15, 0.2) is 49.1 Å². The molecule has 0 radical (unpaired) electrons. The summed E-state index contributed by atoms with van der Waals surface area (Å²) in [5, 5.41) is 3.49. The molecule has 1 saturated carbocycles. The highest BCUT2D eigenvalue weighted by Crippen LogP contribution is 2.40. The van der Waals surface area contributed by atoms with Gasteiger partial charge < -0.3 is 10.2 Å². The number of hydrogen-bond donors (Lipinski definition) is 1. The Labute approximate surface area is 175 Å². The van der Waals surface area contributed by atoms with Crippen molar-refractivity contribution in [2.45, 2.75) is 38.8 Å². The van der Waals surface area contributed by atoms with Crippen molar-refractivity contribution in [1.29, 1.82) is 0 Å². The largest absolute Gasteiger partial charge is 0.364 e. The summed E-state index contributed by atoms with van der Waals surface area (Å²) in [6, 6.07) is 8.02. The molecular weight excluding hydrogens is 376 g/mol. The van der Waals surface area contributed by atoms with Gasteiger partial charge in [-0.1, -0.05) is 6.07 Å². The Kier molecular flexibility index (Phi) is 4.65. The van der Waals surface area contributed by atoms with E-state index in [0.717, 1.165) is 47.7 Å². The van der Waals surface area contributed by atoms with Crippen molar-refractivity contribution in [1.82, 2.24) is 24.8 Å². The minimum atomic E-state index is -0.0235. The molecule has 3 atom stereocenters. The summed E-state index contributed by atoms with van der Waals surface area (Å²) in [5.74, 6) is 1.23. The van der Waals surface area contributed by atoms with Crippen LogP contribution in [0.2, 0.25) is 0 Å². The predicted molar refractivity (Wildman–Crippen MR) is 114 cm³/mol. The third-order valence-corrected chi connectivity index (χ3v) is 6.02. The molecule has 7 nitrogen and oxygen atoms in total. The molecule has 3 aromatic heterocycles. The quantitative estimate of drug-likeness (QED) is 0.724. The molecule has 2 bridgehead atoms. The second-order valence-corrected chi connectivity index (χ2v) is 8.28. The normalized spacial score (nSPS) is 22.3. The van der Waals surface area contributed by atoms with E-state index >= 15 is 0 Å². The van der Waals surface area contributed by atoms with Gasteiger partial charge >= 0.3 is 0 Å². The first-order valence-electron chi connectivity index (χ1n) is 10.3. The van der Waals surface area contributed by atoms with E-state index in [9.17, 15) is 4.79 Å². The van der Waals surface area contributed by atoms with E-state index < -0.39 is 0 Å². The maximum Gasteiger partial charge on any atom is 0.273 e. The number of nitrogens with one attached hydrogen (secondary N) is 1. The van der Waals surface area contributed by atoms with Crippen LogP contribution in [0.4, 0.5) is 5.82 Å². The van der Waals surface area contributed by atoms with Gasteiger partial charge in [-0.3, -0.25) is 19.7 Å². The average Bonchev–Trinajstić information content (AvgIpc) is 3.36. The summed E-state index contributed by atoms with van der Waals surface area (Å²) >= 11 is 0. The molecule has 2 fully saturated rings. The zero-order valence-electron chi connectivity index (χ0n) is 17.1. The standard InChI is InChI=1S/C23H24N6O/c1-14-7-17(18-5-3-4-6-24-18)22(27-10-14)23(30)29-13-16-8-19(20(29)9-16)28-21-12-25-15(2)11-26-21/h3-7,10-12,16,19-20H,8-9,13H2,1-2H3,(H,26,28). The first-order chi connectivity index (χ1) is 14.6. The Morgan fingerprint density at radius 2 is 1.97 bits per heavy atom. The zero-order chi connectivity index (χ0) is 20.7. The van der Waals surface area contributed by atoms with Crippen molar-refractivity contribution in [3.63, 3.8) is 0 Å². The van der Waals surface area contributed by atoms with Crippen LogP contribution in [0.3, 0.4) is 0 Å². The van der Waals surface area contributed by atoms with Gasteiger partial charge in [0.2, 0.25) is 0 Å². The van der Waals surface area contributed by atoms with Crippen molar-refractivity contribution in [3.8, 4) is 11.3 Å². The summed E-state index contributed by atoms with van der Waals surface area (Å²) in [5.41, 5.74) is 3.93. The molecular formula is C23H24N6O. The van der Waals surface area contributed by atoms with Gasteiger partial charge in [0, 0.05) is 30.5 Å². The lowest BCUT2D eigenvalue weighted by Gasteiger charge is -2.34. The summed E-state index contributed by atoms with van der Waals surface area (Å²) in [4.78, 5) is 33.3. The van der Waals surface area contributed by atoms with Crippen LogP contribution < -0.4 is 5.32 Å². The number of pyridine rings is 2. The number of piperidine rings is 1. The van der Waals surface area contributed by atoms with Crippen LogP contribution in [0.25, 0.3) is 11.3 Å². The molecule has 1 aliphatic carbocycles. The molecule has 2 aliphatic rings. The maximum absolute atomic E-state index is 13.6. The third kappa shape index (κ3) is 3.40. The lowest BCUT2D eigenvalue weighted by atomic mass is 10.0. The first-order valence-corrected chi connectivity index (χ1v) is 10.3. The number of carbonyl (C=O) groups is 1. The van der Waals surface area contributed by atoms with Crippen LogP contribution >= 0.6 is 0 Å². The molecule has 152 valence electrons. The molecule has 7 heteroatoms. The molecule has 4 heterocycles. The van der Waals surface area contributed by atoms with Gasteiger partial charge in [-0.25, -0.2) is 4.98 Å². The fourth-order valence-corrected chi connectivity index (χ4v) is 4.66. The van der Waals surface area contributed by atoms with Crippen LogP contribution in [0, 0.1) is 19.8 Å². The van der Waals surface area contributed by atoms with Crippen molar-refractivity contribution in [3.05, 3.63) is 66.0 Å². The fraction of sp³-hybridized carbons (Fsp3) is 0.348. The lowest BCUT2D eigenvalue weighted by molar-refractivity contribution is 0.0687. The third-order valence-electron chi connectivity index (χ3n) is 6.02. The molecule has 1 N–H and O–H groups in total. The average molecular weight is 400 g/mol. The van der Waals surface area contributed by atoms with E-state index in [2.05, 4.69) is 25.3 Å². The number of hydrogen-bond acceptors (Lipinski definition) is 6. The van der Waals surface area contributed by atoms with Gasteiger partial charge in [-0.2, -0.15) is 0 Å². The summed E-state index contributed by atoms with van der Waals surface area (Å²) in [6.45, 7) is 4.68. The monoisotopic (exact) mass is 400 g/mol. The summed E-state index contributed by atoms with van der Waals surface area (Å²) in [6.07, 6.45) is 9.06. The summed E-state index contributed by atoms with van der Waals surface area (Å²) < 4.78 is 0. The highest BCUT2D eigenvalue weighted by Gasteiger charge is 2.47. The maximum atomic E-state index is 13.6. The minimum absolute atomic E-state index is 0.0235. The second kappa shape index (κ2) is 7.48. The summed E-state index contributed by atoms with van der Waals surface area (Å²) in [7, 11) is 0. The first kappa shape index (κ1) is 18.7. The molecule has 5 rings (SSSR count). The van der Waals surface area contributed by atoms with E-state index in [-0.39, 0.29) is 18.0 Å². The molecule has 1 aliphatic heterocycles. The minimum Gasteiger partial charge on any atom is -0.364 e. The number of nitrogens with zero attached hydrogens (tertiary/aromatic N) is 5. The Balaban J connectivity index is 1.41.